The van der Waals surface area contributed by atoms with E-state index in [2.05, 4.69) is 31.1 Å². The van der Waals surface area contributed by atoms with Crippen LogP contribution in [0.25, 0.3) is 0 Å². The molecular weight excluding hydrogens is 232 g/mol. The van der Waals surface area contributed by atoms with Gasteiger partial charge in [-0.05, 0) is 39.2 Å². The van der Waals surface area contributed by atoms with E-state index < -0.39 is 0 Å². The SMILES string of the molecule is CCNC(c1sc(C)nc1C)C1CCOCC1. The van der Waals surface area contributed by atoms with Crippen LogP contribution in [0.15, 0.2) is 0 Å². The van der Waals surface area contributed by atoms with E-state index in [4.69, 9.17) is 4.74 Å². The zero-order valence-electron chi connectivity index (χ0n) is 11.0. The molecule has 0 saturated carbocycles. The van der Waals surface area contributed by atoms with Gasteiger partial charge in [0.15, 0.2) is 0 Å². The third kappa shape index (κ3) is 3.06. The Kier molecular flexibility index (Phi) is 4.54. The highest BCUT2D eigenvalue weighted by atomic mass is 32.1. The van der Waals surface area contributed by atoms with Gasteiger partial charge in [0.25, 0.3) is 0 Å². The summed E-state index contributed by atoms with van der Waals surface area (Å²) < 4.78 is 5.46. The van der Waals surface area contributed by atoms with Gasteiger partial charge in [0.2, 0.25) is 0 Å². The summed E-state index contributed by atoms with van der Waals surface area (Å²) in [5.41, 5.74) is 1.20. The molecule has 1 N–H and O–H groups in total. The number of nitrogens with one attached hydrogen (secondary N) is 1. The summed E-state index contributed by atoms with van der Waals surface area (Å²) in [5.74, 6) is 0.697. The van der Waals surface area contributed by atoms with E-state index in [1.807, 2.05) is 11.3 Å². The highest BCUT2D eigenvalue weighted by Crippen LogP contribution is 2.34. The Labute approximate surface area is 108 Å². The van der Waals surface area contributed by atoms with Crippen molar-refractivity contribution in [1.29, 1.82) is 0 Å². The minimum absolute atomic E-state index is 0.468. The molecule has 1 aliphatic rings. The average Bonchev–Trinajstić information content (AvgIpc) is 2.66. The molecule has 2 heterocycles. The first-order chi connectivity index (χ1) is 8.22. The molecule has 1 unspecified atom stereocenters. The van der Waals surface area contributed by atoms with Gasteiger partial charge in [0.05, 0.1) is 10.7 Å². The first kappa shape index (κ1) is 13.0. The van der Waals surface area contributed by atoms with Crippen LogP contribution in [-0.4, -0.2) is 24.7 Å². The Balaban J connectivity index is 2.18. The predicted octanol–water partition coefficient (Wildman–Crippen LogP) is 2.84. The monoisotopic (exact) mass is 254 g/mol. The van der Waals surface area contributed by atoms with Crippen LogP contribution < -0.4 is 5.32 Å². The van der Waals surface area contributed by atoms with Crippen molar-refractivity contribution >= 4 is 11.3 Å². The van der Waals surface area contributed by atoms with E-state index >= 15 is 0 Å². The lowest BCUT2D eigenvalue weighted by Crippen LogP contribution is -2.32. The normalized spacial score (nSPS) is 19.5. The van der Waals surface area contributed by atoms with Crippen LogP contribution in [0.4, 0.5) is 0 Å². The maximum atomic E-state index is 5.46. The van der Waals surface area contributed by atoms with Crippen LogP contribution in [0.2, 0.25) is 0 Å². The zero-order chi connectivity index (χ0) is 12.3. The average molecular weight is 254 g/mol. The fraction of sp³-hybridized carbons (Fsp3) is 0.769. The van der Waals surface area contributed by atoms with Crippen molar-refractivity contribution < 1.29 is 4.74 Å². The van der Waals surface area contributed by atoms with Crippen LogP contribution in [-0.2, 0) is 4.74 Å². The number of thiazole rings is 1. The number of hydrogen-bond acceptors (Lipinski definition) is 4. The molecule has 0 bridgehead atoms. The van der Waals surface area contributed by atoms with Crippen LogP contribution in [0.1, 0.15) is 41.4 Å². The molecule has 1 atom stereocenters. The van der Waals surface area contributed by atoms with Gasteiger partial charge in [-0.25, -0.2) is 4.98 Å². The molecule has 0 amide bonds. The lowest BCUT2D eigenvalue weighted by Gasteiger charge is -2.30. The third-order valence-electron chi connectivity index (χ3n) is 3.38. The van der Waals surface area contributed by atoms with Crippen molar-refractivity contribution in [2.75, 3.05) is 19.8 Å². The fourth-order valence-electron chi connectivity index (χ4n) is 2.58. The number of aryl methyl sites for hydroxylation is 2. The molecule has 1 aromatic heterocycles. The largest absolute Gasteiger partial charge is 0.381 e. The Hall–Kier alpha value is -0.450. The van der Waals surface area contributed by atoms with Crippen LogP contribution in [0.5, 0.6) is 0 Å². The molecular formula is C13H22N2OS. The van der Waals surface area contributed by atoms with Crippen molar-refractivity contribution in [1.82, 2.24) is 10.3 Å². The molecule has 96 valence electrons. The number of hydrogen-bond donors (Lipinski definition) is 1. The second-order valence-electron chi connectivity index (χ2n) is 4.67. The molecule has 17 heavy (non-hydrogen) atoms. The molecule has 4 heteroatoms. The molecule has 1 fully saturated rings. The van der Waals surface area contributed by atoms with Gasteiger partial charge in [0, 0.05) is 24.1 Å². The number of rotatable bonds is 4. The predicted molar refractivity (Wildman–Crippen MR) is 71.5 cm³/mol. The summed E-state index contributed by atoms with van der Waals surface area (Å²) in [6.07, 6.45) is 2.32. The van der Waals surface area contributed by atoms with Crippen molar-refractivity contribution in [2.24, 2.45) is 5.92 Å². The molecule has 0 aliphatic carbocycles. The summed E-state index contributed by atoms with van der Waals surface area (Å²) >= 11 is 1.84. The maximum absolute atomic E-state index is 5.46. The second kappa shape index (κ2) is 5.94. The number of aromatic nitrogens is 1. The van der Waals surface area contributed by atoms with Gasteiger partial charge in [-0.15, -0.1) is 11.3 Å². The second-order valence-corrected chi connectivity index (χ2v) is 5.90. The smallest absolute Gasteiger partial charge is 0.0900 e. The van der Waals surface area contributed by atoms with Gasteiger partial charge >= 0.3 is 0 Å². The van der Waals surface area contributed by atoms with E-state index in [0.717, 1.165) is 32.6 Å². The fourth-order valence-corrected chi connectivity index (χ4v) is 3.68. The topological polar surface area (TPSA) is 34.2 Å². The summed E-state index contributed by atoms with van der Waals surface area (Å²) in [5, 5.41) is 4.81. The Morgan fingerprint density at radius 2 is 2.12 bits per heavy atom. The van der Waals surface area contributed by atoms with Crippen LogP contribution in [0.3, 0.4) is 0 Å². The lowest BCUT2D eigenvalue weighted by atomic mass is 9.90. The zero-order valence-corrected chi connectivity index (χ0v) is 11.8. The van der Waals surface area contributed by atoms with Gasteiger partial charge in [0.1, 0.15) is 0 Å². The van der Waals surface area contributed by atoms with Crippen molar-refractivity contribution in [3.8, 4) is 0 Å². The maximum Gasteiger partial charge on any atom is 0.0900 e. The summed E-state index contributed by atoms with van der Waals surface area (Å²) in [7, 11) is 0. The van der Waals surface area contributed by atoms with Crippen LogP contribution >= 0.6 is 11.3 Å². The molecule has 2 rings (SSSR count). The molecule has 1 saturated heterocycles. The molecule has 0 radical (unpaired) electrons. The molecule has 1 aliphatic heterocycles. The van der Waals surface area contributed by atoms with Gasteiger partial charge < -0.3 is 10.1 Å². The Morgan fingerprint density at radius 1 is 1.41 bits per heavy atom. The lowest BCUT2D eigenvalue weighted by molar-refractivity contribution is 0.0541. The Morgan fingerprint density at radius 3 is 2.65 bits per heavy atom. The molecule has 1 aromatic rings. The highest BCUT2D eigenvalue weighted by Gasteiger charge is 2.27. The number of nitrogens with zero attached hydrogens (tertiary/aromatic N) is 1. The first-order valence-electron chi connectivity index (χ1n) is 6.47. The van der Waals surface area contributed by atoms with Crippen molar-refractivity contribution in [3.05, 3.63) is 15.6 Å². The molecule has 0 aromatic carbocycles. The number of ether oxygens (including phenoxy) is 1. The van der Waals surface area contributed by atoms with Crippen molar-refractivity contribution in [2.45, 2.75) is 39.7 Å². The van der Waals surface area contributed by atoms with E-state index in [1.165, 1.54) is 15.6 Å². The Bertz CT molecular complexity index is 358. The van der Waals surface area contributed by atoms with E-state index in [0.29, 0.717) is 12.0 Å². The highest BCUT2D eigenvalue weighted by molar-refractivity contribution is 7.11. The summed E-state index contributed by atoms with van der Waals surface area (Å²) in [4.78, 5) is 5.98. The standard InChI is InChI=1S/C13H22N2OS/c1-4-14-12(11-5-7-16-8-6-11)13-9(2)15-10(3)17-13/h11-12,14H,4-8H2,1-3H3. The molecule has 0 spiro atoms. The quantitative estimate of drug-likeness (QED) is 0.897. The summed E-state index contributed by atoms with van der Waals surface area (Å²) in [6, 6.07) is 0.468. The van der Waals surface area contributed by atoms with Crippen LogP contribution in [0, 0.1) is 19.8 Å². The van der Waals surface area contributed by atoms with Gasteiger partial charge in [-0.2, -0.15) is 0 Å². The van der Waals surface area contributed by atoms with Crippen molar-refractivity contribution in [3.63, 3.8) is 0 Å². The summed E-state index contributed by atoms with van der Waals surface area (Å²) in [6.45, 7) is 9.22. The molecule has 3 nitrogen and oxygen atoms in total. The van der Waals surface area contributed by atoms with E-state index in [-0.39, 0.29) is 0 Å². The minimum atomic E-state index is 0.468. The van der Waals surface area contributed by atoms with Gasteiger partial charge in [-0.1, -0.05) is 6.92 Å². The third-order valence-corrected chi connectivity index (χ3v) is 4.54. The van der Waals surface area contributed by atoms with Gasteiger partial charge in [-0.3, -0.25) is 0 Å². The van der Waals surface area contributed by atoms with E-state index in [9.17, 15) is 0 Å². The van der Waals surface area contributed by atoms with E-state index in [1.54, 1.807) is 0 Å². The minimum Gasteiger partial charge on any atom is -0.381 e. The first-order valence-corrected chi connectivity index (χ1v) is 7.29.